The van der Waals surface area contributed by atoms with Crippen molar-refractivity contribution in [1.82, 2.24) is 5.32 Å². The lowest BCUT2D eigenvalue weighted by atomic mass is 9.85. The maximum Gasteiger partial charge on any atom is 0.143 e. The fourth-order valence-electron chi connectivity index (χ4n) is 2.28. The predicted molar refractivity (Wildman–Crippen MR) is 73.2 cm³/mol. The van der Waals surface area contributed by atoms with E-state index in [-0.39, 0.29) is 5.41 Å². The third-order valence-electron chi connectivity index (χ3n) is 2.87. The molecule has 4 heteroatoms. The summed E-state index contributed by atoms with van der Waals surface area (Å²) in [6.07, 6.45) is 0. The Balaban J connectivity index is 2.81. The van der Waals surface area contributed by atoms with Gasteiger partial charge in [-0.05, 0) is 24.1 Å². The fraction of sp³-hybridized carbons (Fsp3) is 0.429. The second kappa shape index (κ2) is 4.59. The zero-order valence-corrected chi connectivity index (χ0v) is 11.8. The van der Waals surface area contributed by atoms with Crippen LogP contribution in [-0.4, -0.2) is 7.05 Å². The first-order valence-corrected chi connectivity index (χ1v) is 6.71. The van der Waals surface area contributed by atoms with Crippen molar-refractivity contribution in [2.45, 2.75) is 32.7 Å². The smallest absolute Gasteiger partial charge is 0.143 e. The highest BCUT2D eigenvalue weighted by Crippen LogP contribution is 2.40. The zero-order valence-electron chi connectivity index (χ0n) is 11.0. The molecule has 2 aromatic rings. The van der Waals surface area contributed by atoms with Crippen molar-refractivity contribution in [2.75, 3.05) is 7.05 Å². The lowest BCUT2D eigenvalue weighted by Gasteiger charge is -2.20. The van der Waals surface area contributed by atoms with Gasteiger partial charge in [-0.1, -0.05) is 20.8 Å². The van der Waals surface area contributed by atoms with Gasteiger partial charge in [0.25, 0.3) is 0 Å². The van der Waals surface area contributed by atoms with Gasteiger partial charge in [0.15, 0.2) is 0 Å². The van der Waals surface area contributed by atoms with Crippen LogP contribution in [0.25, 0.3) is 10.1 Å². The molecule has 1 heterocycles. The van der Waals surface area contributed by atoms with E-state index >= 15 is 0 Å². The van der Waals surface area contributed by atoms with E-state index < -0.39 is 11.6 Å². The lowest BCUT2D eigenvalue weighted by Crippen LogP contribution is -2.15. The first-order chi connectivity index (χ1) is 8.34. The van der Waals surface area contributed by atoms with E-state index in [0.29, 0.717) is 16.6 Å². The lowest BCUT2D eigenvalue weighted by molar-refractivity contribution is 0.582. The Morgan fingerprint density at radius 3 is 2.44 bits per heavy atom. The average molecular weight is 269 g/mol. The standard InChI is InChI=1S/C14H17F2NS/c1-14(2,3)12-9-5-8(15)6-10(16)13(9)18-11(12)7-17-4/h5-6,17H,7H2,1-4H3. The number of rotatable bonds is 2. The molecule has 18 heavy (non-hydrogen) atoms. The molecular formula is C14H17F2NS. The minimum Gasteiger partial charge on any atom is -0.315 e. The molecule has 0 amide bonds. The number of fused-ring (bicyclic) bond motifs is 1. The molecule has 0 unspecified atom stereocenters. The van der Waals surface area contributed by atoms with Crippen LogP contribution in [0.4, 0.5) is 8.78 Å². The first kappa shape index (κ1) is 13.4. The van der Waals surface area contributed by atoms with E-state index in [0.717, 1.165) is 16.5 Å². The van der Waals surface area contributed by atoms with Gasteiger partial charge in [-0.2, -0.15) is 0 Å². The molecule has 0 aliphatic heterocycles. The number of thiophene rings is 1. The number of benzene rings is 1. The maximum absolute atomic E-state index is 13.8. The summed E-state index contributed by atoms with van der Waals surface area (Å²) in [5.41, 5.74) is 0.903. The maximum atomic E-state index is 13.8. The summed E-state index contributed by atoms with van der Waals surface area (Å²) in [5.74, 6) is -0.984. The van der Waals surface area contributed by atoms with Crippen LogP contribution >= 0.6 is 11.3 Å². The summed E-state index contributed by atoms with van der Waals surface area (Å²) in [7, 11) is 1.85. The second-order valence-corrected chi connectivity index (χ2v) is 6.55. The Kier molecular flexibility index (Phi) is 3.43. The molecule has 1 aromatic heterocycles. The molecule has 1 aromatic carbocycles. The molecule has 0 radical (unpaired) electrons. The van der Waals surface area contributed by atoms with Crippen molar-refractivity contribution in [3.05, 3.63) is 34.2 Å². The molecule has 0 bridgehead atoms. The number of nitrogens with one attached hydrogen (secondary N) is 1. The Morgan fingerprint density at radius 1 is 1.22 bits per heavy atom. The van der Waals surface area contributed by atoms with E-state index in [1.165, 1.54) is 17.4 Å². The average Bonchev–Trinajstić information content (AvgIpc) is 2.56. The van der Waals surface area contributed by atoms with Gasteiger partial charge in [-0.15, -0.1) is 11.3 Å². The fourth-order valence-corrected chi connectivity index (χ4v) is 3.69. The Hall–Kier alpha value is -1.00. The molecule has 0 fully saturated rings. The van der Waals surface area contributed by atoms with Gasteiger partial charge >= 0.3 is 0 Å². The molecule has 2 rings (SSSR count). The van der Waals surface area contributed by atoms with Crippen molar-refractivity contribution in [3.63, 3.8) is 0 Å². The third-order valence-corrected chi connectivity index (χ3v) is 4.08. The summed E-state index contributed by atoms with van der Waals surface area (Å²) in [4.78, 5) is 1.07. The SMILES string of the molecule is CNCc1sc2c(F)cc(F)cc2c1C(C)(C)C. The number of hydrogen-bond donors (Lipinski definition) is 1. The van der Waals surface area contributed by atoms with E-state index in [9.17, 15) is 8.78 Å². The minimum atomic E-state index is -0.515. The molecule has 1 N–H and O–H groups in total. The van der Waals surface area contributed by atoms with Crippen molar-refractivity contribution in [3.8, 4) is 0 Å². The molecule has 0 saturated heterocycles. The topological polar surface area (TPSA) is 12.0 Å². The van der Waals surface area contributed by atoms with Gasteiger partial charge in [0.05, 0.1) is 4.70 Å². The van der Waals surface area contributed by atoms with Crippen LogP contribution in [0.1, 0.15) is 31.2 Å². The Bertz CT molecular complexity index is 581. The van der Waals surface area contributed by atoms with Crippen LogP contribution in [-0.2, 0) is 12.0 Å². The normalized spacial score (nSPS) is 12.3. The van der Waals surface area contributed by atoms with Gasteiger partial charge in [-0.25, -0.2) is 8.78 Å². The zero-order chi connectivity index (χ0) is 13.5. The first-order valence-electron chi connectivity index (χ1n) is 5.90. The molecule has 0 atom stereocenters. The van der Waals surface area contributed by atoms with Gasteiger partial charge in [0, 0.05) is 22.9 Å². The molecule has 0 spiro atoms. The largest absolute Gasteiger partial charge is 0.315 e. The van der Waals surface area contributed by atoms with Crippen LogP contribution in [0.15, 0.2) is 12.1 Å². The highest BCUT2D eigenvalue weighted by Gasteiger charge is 2.25. The highest BCUT2D eigenvalue weighted by atomic mass is 32.1. The van der Waals surface area contributed by atoms with E-state index in [4.69, 9.17) is 0 Å². The van der Waals surface area contributed by atoms with Crippen LogP contribution in [0.3, 0.4) is 0 Å². The van der Waals surface area contributed by atoms with Crippen molar-refractivity contribution < 1.29 is 8.78 Å². The number of halogens is 2. The van der Waals surface area contributed by atoms with Crippen molar-refractivity contribution >= 4 is 21.4 Å². The highest BCUT2D eigenvalue weighted by molar-refractivity contribution is 7.19. The quantitative estimate of drug-likeness (QED) is 0.861. The minimum absolute atomic E-state index is 0.134. The van der Waals surface area contributed by atoms with Crippen LogP contribution in [0.5, 0.6) is 0 Å². The molecule has 0 aliphatic carbocycles. The monoisotopic (exact) mass is 269 g/mol. The Morgan fingerprint density at radius 2 is 1.89 bits per heavy atom. The van der Waals surface area contributed by atoms with E-state index in [2.05, 4.69) is 26.1 Å². The van der Waals surface area contributed by atoms with Crippen LogP contribution in [0.2, 0.25) is 0 Å². The van der Waals surface area contributed by atoms with Gasteiger partial charge in [0.1, 0.15) is 11.6 Å². The van der Waals surface area contributed by atoms with Crippen LogP contribution < -0.4 is 5.32 Å². The summed E-state index contributed by atoms with van der Waals surface area (Å²) < 4.78 is 27.8. The summed E-state index contributed by atoms with van der Waals surface area (Å²) in [6.45, 7) is 6.87. The third kappa shape index (κ3) is 2.27. The molecule has 98 valence electrons. The van der Waals surface area contributed by atoms with Gasteiger partial charge in [0.2, 0.25) is 0 Å². The molecule has 1 nitrogen and oxygen atoms in total. The summed E-state index contributed by atoms with van der Waals surface area (Å²) >= 11 is 1.41. The Labute approximate surface area is 110 Å². The molecular weight excluding hydrogens is 252 g/mol. The van der Waals surface area contributed by atoms with E-state index in [1.54, 1.807) is 0 Å². The number of hydrogen-bond acceptors (Lipinski definition) is 2. The summed E-state index contributed by atoms with van der Waals surface area (Å²) in [6, 6.07) is 2.39. The van der Waals surface area contributed by atoms with Gasteiger partial charge in [-0.3, -0.25) is 0 Å². The van der Waals surface area contributed by atoms with Crippen molar-refractivity contribution in [1.29, 1.82) is 0 Å². The molecule has 0 saturated carbocycles. The predicted octanol–water partition coefficient (Wildman–Crippen LogP) is 4.20. The van der Waals surface area contributed by atoms with E-state index in [1.807, 2.05) is 7.05 Å². The van der Waals surface area contributed by atoms with Gasteiger partial charge < -0.3 is 5.32 Å². The molecule has 0 aliphatic rings. The van der Waals surface area contributed by atoms with Crippen LogP contribution in [0, 0.1) is 11.6 Å². The second-order valence-electron chi connectivity index (χ2n) is 5.44. The van der Waals surface area contributed by atoms with Crippen molar-refractivity contribution in [2.24, 2.45) is 0 Å². The summed E-state index contributed by atoms with van der Waals surface area (Å²) in [5, 5.41) is 3.79.